The van der Waals surface area contributed by atoms with E-state index >= 15 is 0 Å². The van der Waals surface area contributed by atoms with Crippen molar-refractivity contribution in [3.63, 3.8) is 0 Å². The van der Waals surface area contributed by atoms with Crippen molar-refractivity contribution in [3.8, 4) is 5.75 Å². The van der Waals surface area contributed by atoms with Crippen LogP contribution >= 0.6 is 0 Å². The molecule has 0 aliphatic heterocycles. The Labute approximate surface area is 122 Å². The van der Waals surface area contributed by atoms with Crippen molar-refractivity contribution in [1.82, 2.24) is 5.32 Å². The molecule has 0 aliphatic rings. The van der Waals surface area contributed by atoms with Gasteiger partial charge in [0.25, 0.3) is 0 Å². The zero-order valence-corrected chi connectivity index (χ0v) is 11.5. The molecule has 4 nitrogen and oxygen atoms in total. The molecule has 0 aromatic heterocycles. The van der Waals surface area contributed by atoms with Gasteiger partial charge in [0.2, 0.25) is 0 Å². The molecule has 21 heavy (non-hydrogen) atoms. The Balaban J connectivity index is 2.16. The van der Waals surface area contributed by atoms with Crippen molar-refractivity contribution in [3.05, 3.63) is 65.5 Å². The fourth-order valence-electron chi connectivity index (χ4n) is 2.01. The van der Waals surface area contributed by atoms with Gasteiger partial charge in [-0.1, -0.05) is 30.3 Å². The van der Waals surface area contributed by atoms with Crippen LogP contribution in [0.1, 0.15) is 17.2 Å². The molecule has 2 N–H and O–H groups in total. The van der Waals surface area contributed by atoms with Crippen LogP contribution < -0.4 is 5.32 Å². The average molecular weight is 289 g/mol. The second-order valence-corrected chi connectivity index (χ2v) is 4.52. The molecule has 0 fully saturated rings. The van der Waals surface area contributed by atoms with Gasteiger partial charge in [-0.15, -0.1) is 0 Å². The summed E-state index contributed by atoms with van der Waals surface area (Å²) in [6.45, 7) is 0.137. The summed E-state index contributed by atoms with van der Waals surface area (Å²) in [6, 6.07) is 12.0. The third-order valence-electron chi connectivity index (χ3n) is 3.11. The van der Waals surface area contributed by atoms with Crippen molar-refractivity contribution < 1.29 is 19.0 Å². The van der Waals surface area contributed by atoms with E-state index in [-0.39, 0.29) is 12.3 Å². The first-order valence-corrected chi connectivity index (χ1v) is 6.45. The number of halogens is 1. The minimum Gasteiger partial charge on any atom is -0.508 e. The van der Waals surface area contributed by atoms with Crippen LogP contribution in [-0.4, -0.2) is 18.2 Å². The maximum Gasteiger partial charge on any atom is 0.327 e. The lowest BCUT2D eigenvalue weighted by Gasteiger charge is -2.17. The van der Waals surface area contributed by atoms with Gasteiger partial charge >= 0.3 is 5.97 Å². The molecule has 2 aromatic rings. The van der Waals surface area contributed by atoms with Crippen LogP contribution in [-0.2, 0) is 16.1 Å². The normalized spacial score (nSPS) is 11.9. The van der Waals surface area contributed by atoms with Crippen LogP contribution in [0.5, 0.6) is 5.75 Å². The summed E-state index contributed by atoms with van der Waals surface area (Å²) in [4.78, 5) is 11.9. The first-order valence-electron chi connectivity index (χ1n) is 6.45. The number of hydrogen-bond donors (Lipinski definition) is 2. The van der Waals surface area contributed by atoms with Crippen molar-refractivity contribution in [2.45, 2.75) is 12.6 Å². The van der Waals surface area contributed by atoms with Crippen LogP contribution in [0.2, 0.25) is 0 Å². The second-order valence-electron chi connectivity index (χ2n) is 4.52. The zero-order chi connectivity index (χ0) is 15.2. The summed E-state index contributed by atoms with van der Waals surface area (Å²) < 4.78 is 18.0. The van der Waals surface area contributed by atoms with Gasteiger partial charge in [-0.3, -0.25) is 5.32 Å². The van der Waals surface area contributed by atoms with Gasteiger partial charge in [0.05, 0.1) is 7.11 Å². The number of phenolic OH excluding ortho intramolecular Hbond substituents is 1. The predicted molar refractivity (Wildman–Crippen MR) is 76.1 cm³/mol. The van der Waals surface area contributed by atoms with E-state index in [4.69, 9.17) is 4.74 Å². The van der Waals surface area contributed by atoms with E-state index in [1.165, 1.54) is 25.3 Å². The van der Waals surface area contributed by atoms with Gasteiger partial charge in [0.15, 0.2) is 0 Å². The third-order valence-corrected chi connectivity index (χ3v) is 3.11. The van der Waals surface area contributed by atoms with Gasteiger partial charge in [-0.2, -0.15) is 0 Å². The maximum absolute atomic E-state index is 13.2. The predicted octanol–water partition coefficient (Wildman–Crippen LogP) is 2.54. The Morgan fingerprint density at radius 1 is 1.29 bits per heavy atom. The van der Waals surface area contributed by atoms with E-state index in [1.54, 1.807) is 12.1 Å². The SMILES string of the molecule is COC(=O)C(NCc1cc(F)ccc1O)c1ccccc1. The fourth-order valence-corrected chi connectivity index (χ4v) is 2.01. The number of methoxy groups -OCH3 is 1. The number of carbonyl (C=O) groups is 1. The lowest BCUT2D eigenvalue weighted by molar-refractivity contribution is -0.143. The number of aromatic hydroxyl groups is 1. The van der Waals surface area contributed by atoms with E-state index < -0.39 is 17.8 Å². The van der Waals surface area contributed by atoms with E-state index in [0.717, 1.165) is 5.56 Å². The quantitative estimate of drug-likeness (QED) is 0.830. The minimum absolute atomic E-state index is 0.0272. The molecule has 0 amide bonds. The highest BCUT2D eigenvalue weighted by Gasteiger charge is 2.21. The number of carbonyl (C=O) groups excluding carboxylic acids is 1. The van der Waals surface area contributed by atoms with Gasteiger partial charge in [0, 0.05) is 12.1 Å². The van der Waals surface area contributed by atoms with Gasteiger partial charge in [-0.05, 0) is 23.8 Å². The van der Waals surface area contributed by atoms with E-state index in [2.05, 4.69) is 5.32 Å². The van der Waals surface area contributed by atoms with Gasteiger partial charge in [-0.25, -0.2) is 9.18 Å². The minimum atomic E-state index is -0.682. The van der Waals surface area contributed by atoms with E-state index in [1.807, 2.05) is 18.2 Å². The molecule has 110 valence electrons. The van der Waals surface area contributed by atoms with Crippen LogP contribution in [0, 0.1) is 5.82 Å². The highest BCUT2D eigenvalue weighted by atomic mass is 19.1. The topological polar surface area (TPSA) is 58.6 Å². The molecule has 0 saturated carbocycles. The van der Waals surface area contributed by atoms with Crippen LogP contribution in [0.4, 0.5) is 4.39 Å². The maximum atomic E-state index is 13.2. The summed E-state index contributed by atoms with van der Waals surface area (Å²) in [5, 5.41) is 12.7. The average Bonchev–Trinajstić information content (AvgIpc) is 2.51. The fraction of sp³-hybridized carbons (Fsp3) is 0.188. The van der Waals surface area contributed by atoms with Gasteiger partial charge < -0.3 is 9.84 Å². The van der Waals surface area contributed by atoms with Crippen molar-refractivity contribution in [2.75, 3.05) is 7.11 Å². The zero-order valence-electron chi connectivity index (χ0n) is 11.5. The summed E-state index contributed by atoms with van der Waals surface area (Å²) in [5.74, 6) is -0.920. The number of ether oxygens (including phenoxy) is 1. The Morgan fingerprint density at radius 3 is 2.67 bits per heavy atom. The molecule has 0 radical (unpaired) electrons. The Kier molecular flexibility index (Phi) is 4.90. The highest BCUT2D eigenvalue weighted by Crippen LogP contribution is 2.20. The number of esters is 1. The number of benzene rings is 2. The number of phenols is 1. The molecule has 0 bridgehead atoms. The smallest absolute Gasteiger partial charge is 0.327 e. The largest absolute Gasteiger partial charge is 0.508 e. The molecule has 0 heterocycles. The third kappa shape index (κ3) is 3.79. The van der Waals surface area contributed by atoms with E-state index in [0.29, 0.717) is 5.56 Å². The number of hydrogen-bond acceptors (Lipinski definition) is 4. The molecule has 2 aromatic carbocycles. The lowest BCUT2D eigenvalue weighted by Crippen LogP contribution is -2.29. The Bertz CT molecular complexity index is 616. The molecule has 1 unspecified atom stereocenters. The van der Waals surface area contributed by atoms with Crippen molar-refractivity contribution in [1.29, 1.82) is 0 Å². The first kappa shape index (κ1) is 15.0. The number of nitrogens with one attached hydrogen (secondary N) is 1. The second kappa shape index (κ2) is 6.85. The highest BCUT2D eigenvalue weighted by molar-refractivity contribution is 5.77. The lowest BCUT2D eigenvalue weighted by atomic mass is 10.1. The van der Waals surface area contributed by atoms with Crippen molar-refractivity contribution >= 4 is 5.97 Å². The summed E-state index contributed by atoms with van der Waals surface area (Å²) in [5.41, 5.74) is 1.11. The molecular formula is C16H16FNO3. The molecule has 0 saturated heterocycles. The molecular weight excluding hydrogens is 273 g/mol. The Morgan fingerprint density at radius 2 is 2.00 bits per heavy atom. The summed E-state index contributed by atoms with van der Waals surface area (Å²) >= 11 is 0. The monoisotopic (exact) mass is 289 g/mol. The van der Waals surface area contributed by atoms with E-state index in [9.17, 15) is 14.3 Å². The Hall–Kier alpha value is -2.40. The molecule has 5 heteroatoms. The molecule has 2 rings (SSSR count). The summed E-state index contributed by atoms with van der Waals surface area (Å²) in [7, 11) is 1.31. The van der Waals surface area contributed by atoms with Crippen LogP contribution in [0.3, 0.4) is 0 Å². The summed E-state index contributed by atoms with van der Waals surface area (Å²) in [6.07, 6.45) is 0. The van der Waals surface area contributed by atoms with Crippen LogP contribution in [0.25, 0.3) is 0 Å². The number of rotatable bonds is 5. The molecule has 0 spiro atoms. The first-order chi connectivity index (χ1) is 10.1. The van der Waals surface area contributed by atoms with Crippen molar-refractivity contribution in [2.24, 2.45) is 0 Å². The molecule has 0 aliphatic carbocycles. The van der Waals surface area contributed by atoms with Gasteiger partial charge in [0.1, 0.15) is 17.6 Å². The molecule has 1 atom stereocenters. The van der Waals surface area contributed by atoms with Crippen LogP contribution in [0.15, 0.2) is 48.5 Å². The standard InChI is InChI=1S/C16H16FNO3/c1-21-16(20)15(11-5-3-2-4-6-11)18-10-12-9-13(17)7-8-14(12)19/h2-9,15,18-19H,10H2,1H3.